The summed E-state index contributed by atoms with van der Waals surface area (Å²) in [6.07, 6.45) is -4.37. The Labute approximate surface area is 427 Å². The molecule has 16 nitrogen and oxygen atoms in total. The molecule has 1 aliphatic heterocycles. The average Bonchev–Trinajstić information content (AvgIpc) is 3.90. The van der Waals surface area contributed by atoms with Gasteiger partial charge in [-0.3, -0.25) is 14.4 Å². The summed E-state index contributed by atoms with van der Waals surface area (Å²) in [7, 11) is -2.94. The Morgan fingerprint density at radius 1 is 0.890 bits per heavy atom. The van der Waals surface area contributed by atoms with Crippen molar-refractivity contribution in [2.75, 3.05) is 6.61 Å². The molecule has 1 saturated heterocycles. The van der Waals surface area contributed by atoms with Crippen molar-refractivity contribution in [3.8, 4) is 0 Å². The Balaban J connectivity index is 1.34. The number of Topliss-reactive ketones (excluding diaryl/α,β-unsaturated/α-hetero) is 1. The van der Waals surface area contributed by atoms with E-state index in [1.165, 1.54) is 25.6 Å². The van der Waals surface area contributed by atoms with Crippen LogP contribution >= 0.6 is 0 Å². The van der Waals surface area contributed by atoms with Crippen LogP contribution < -0.4 is 5.32 Å². The molecule has 1 amide bonds. The third-order valence-electron chi connectivity index (χ3n) is 16.8. The maximum atomic E-state index is 16.3. The first-order valence-electron chi connectivity index (χ1n) is 24.8. The monoisotopic (exact) mass is 1020 g/mol. The highest BCUT2D eigenvalue weighted by molar-refractivity contribution is 6.74. The first-order chi connectivity index (χ1) is 34.3. The normalized spacial score (nSPS) is 29.3. The molecule has 4 aromatic rings. The van der Waals surface area contributed by atoms with Gasteiger partial charge < -0.3 is 38.5 Å². The van der Waals surface area contributed by atoms with Crippen molar-refractivity contribution >= 4 is 44.0 Å². The van der Waals surface area contributed by atoms with Gasteiger partial charge in [-0.15, -0.1) is 0 Å². The molecule has 3 fully saturated rings. The SMILES string of the molecule is CC(=O)O[C@@]12COC1C[C@H](C)[C@@]1(C)C(=O)[C@H](OC(=O)n3ccnc3)C3=C(C)[C@@H](OC(=O)[C@@H](O[Si](C)(C)C(C)(C)C)[C@@H](NC(=O)c4ccccc4)c4ccccc4)C[C@@](O)([C@@H](OC(=O)c4ccccc4)[C@@H]12)C3(C)C. The van der Waals surface area contributed by atoms with Crippen LogP contribution in [0.15, 0.2) is 121 Å². The molecule has 4 aliphatic rings. The van der Waals surface area contributed by atoms with Crippen molar-refractivity contribution in [2.45, 2.75) is 141 Å². The van der Waals surface area contributed by atoms with Crippen molar-refractivity contribution < 1.29 is 62.0 Å². The zero-order valence-corrected chi connectivity index (χ0v) is 44.4. The number of carbonyl (C=O) groups excluding carboxylic acids is 6. The molecular formula is C56H67N3O13Si. The van der Waals surface area contributed by atoms with Crippen LogP contribution in [0.25, 0.3) is 0 Å². The molecule has 1 unspecified atom stereocenters. The van der Waals surface area contributed by atoms with E-state index in [9.17, 15) is 24.3 Å². The fraction of sp³-hybridized carbons (Fsp3) is 0.482. The van der Waals surface area contributed by atoms with Gasteiger partial charge in [-0.2, -0.15) is 0 Å². The van der Waals surface area contributed by atoms with Gasteiger partial charge in [0.2, 0.25) is 0 Å². The second kappa shape index (κ2) is 19.5. The van der Waals surface area contributed by atoms with Gasteiger partial charge in [0.15, 0.2) is 31.9 Å². The predicted octanol–water partition coefficient (Wildman–Crippen LogP) is 8.36. The number of hydrogen-bond donors (Lipinski definition) is 2. The third-order valence-corrected chi connectivity index (χ3v) is 21.3. The number of rotatable bonds is 12. The van der Waals surface area contributed by atoms with Gasteiger partial charge in [0, 0.05) is 42.1 Å². The van der Waals surface area contributed by atoms with Crippen LogP contribution in [0.1, 0.15) is 107 Å². The lowest BCUT2D eigenvalue weighted by atomic mass is 9.43. The van der Waals surface area contributed by atoms with Gasteiger partial charge in [0.1, 0.15) is 30.2 Å². The second-order valence-electron chi connectivity index (χ2n) is 22.3. The Hall–Kier alpha value is -6.27. The molecule has 2 bridgehead atoms. The Bertz CT molecular complexity index is 2780. The molecule has 2 N–H and O–H groups in total. The van der Waals surface area contributed by atoms with E-state index in [-0.39, 0.29) is 29.7 Å². The Morgan fingerprint density at radius 3 is 2.04 bits per heavy atom. The van der Waals surface area contributed by atoms with Crippen LogP contribution in [0.4, 0.5) is 4.79 Å². The molecular weight excluding hydrogens is 951 g/mol. The second-order valence-corrected chi connectivity index (χ2v) is 27.1. The molecule has 0 spiro atoms. The van der Waals surface area contributed by atoms with Gasteiger partial charge >= 0.3 is 24.0 Å². The van der Waals surface area contributed by atoms with Crippen molar-refractivity contribution in [1.82, 2.24) is 14.9 Å². The van der Waals surface area contributed by atoms with Crippen LogP contribution in [0, 0.1) is 22.7 Å². The minimum absolute atomic E-state index is 0.109. The van der Waals surface area contributed by atoms with E-state index >= 15 is 9.59 Å². The molecule has 17 heteroatoms. The maximum Gasteiger partial charge on any atom is 0.420 e. The zero-order chi connectivity index (χ0) is 53.1. The quantitative estimate of drug-likeness (QED) is 0.0592. The molecule has 2 saturated carbocycles. The summed E-state index contributed by atoms with van der Waals surface area (Å²) in [5.41, 5.74) is -5.86. The van der Waals surface area contributed by atoms with Crippen LogP contribution in [0.3, 0.4) is 0 Å². The Morgan fingerprint density at radius 2 is 1.49 bits per heavy atom. The molecule has 11 atom stereocenters. The number of ketones is 1. The number of aliphatic hydroxyl groups is 1. The number of benzene rings is 3. The van der Waals surface area contributed by atoms with Crippen LogP contribution in [0.5, 0.6) is 0 Å². The van der Waals surface area contributed by atoms with E-state index in [1.54, 1.807) is 113 Å². The van der Waals surface area contributed by atoms with Crippen molar-refractivity contribution in [3.63, 3.8) is 0 Å². The maximum absolute atomic E-state index is 16.3. The van der Waals surface area contributed by atoms with E-state index in [1.807, 2.05) is 46.9 Å². The summed E-state index contributed by atoms with van der Waals surface area (Å²) in [5, 5.41) is 16.9. The van der Waals surface area contributed by atoms with Gasteiger partial charge in [-0.05, 0) is 78.4 Å². The van der Waals surface area contributed by atoms with Crippen LogP contribution in [-0.2, 0) is 42.5 Å². The van der Waals surface area contributed by atoms with Crippen LogP contribution in [-0.4, -0.2) is 107 Å². The summed E-state index contributed by atoms with van der Waals surface area (Å²) in [6.45, 7) is 19.5. The number of fused-ring (bicyclic) bond motifs is 5. The number of nitrogens with zero attached hydrogens (tertiary/aromatic N) is 2. The van der Waals surface area contributed by atoms with Gasteiger partial charge in [-0.1, -0.05) is 115 Å². The molecule has 3 aliphatic carbocycles. The highest BCUT2D eigenvalue weighted by Crippen LogP contribution is 2.66. The number of hydrogen-bond acceptors (Lipinski definition) is 14. The van der Waals surface area contributed by atoms with Gasteiger partial charge in [-0.25, -0.2) is 23.9 Å². The lowest BCUT2D eigenvalue weighted by Crippen LogP contribution is -2.81. The highest BCUT2D eigenvalue weighted by Gasteiger charge is 2.78. The summed E-state index contributed by atoms with van der Waals surface area (Å²) in [6, 6.07) is 24.5. The molecule has 388 valence electrons. The number of esters is 3. The largest absolute Gasteiger partial charge is 0.456 e. The van der Waals surface area contributed by atoms with E-state index in [4.69, 9.17) is 28.1 Å². The summed E-state index contributed by atoms with van der Waals surface area (Å²) in [5.74, 6) is -5.51. The third kappa shape index (κ3) is 9.27. The van der Waals surface area contributed by atoms with Crippen molar-refractivity contribution in [1.29, 1.82) is 0 Å². The fourth-order valence-corrected chi connectivity index (χ4v) is 12.7. The van der Waals surface area contributed by atoms with E-state index < -0.39 is 126 Å². The highest BCUT2D eigenvalue weighted by atomic mass is 28.4. The van der Waals surface area contributed by atoms with Crippen molar-refractivity contribution in [2.24, 2.45) is 22.7 Å². The first kappa shape index (κ1) is 53.0. The number of nitrogens with one attached hydrogen (secondary N) is 1. The summed E-state index contributed by atoms with van der Waals surface area (Å²) < 4.78 is 40.3. The van der Waals surface area contributed by atoms with Crippen LogP contribution in [0.2, 0.25) is 18.1 Å². The molecule has 73 heavy (non-hydrogen) atoms. The number of carbonyl (C=O) groups is 6. The van der Waals surface area contributed by atoms with Gasteiger partial charge in [0.25, 0.3) is 5.91 Å². The van der Waals surface area contributed by atoms with Crippen molar-refractivity contribution in [3.05, 3.63) is 138 Å². The topological polar surface area (TPSA) is 208 Å². The van der Waals surface area contributed by atoms with Gasteiger partial charge in [0.05, 0.1) is 24.1 Å². The number of ether oxygens (including phenoxy) is 5. The number of amides is 1. The van der Waals surface area contributed by atoms with E-state index in [2.05, 4.69) is 10.3 Å². The molecule has 0 radical (unpaired) electrons. The number of aromatic nitrogens is 2. The lowest BCUT2D eigenvalue weighted by Gasteiger charge is -2.68. The minimum Gasteiger partial charge on any atom is -0.456 e. The molecule has 1 aromatic heterocycles. The predicted molar refractivity (Wildman–Crippen MR) is 269 cm³/mol. The standard InChI is InChI=1S/C56H67N3O13Si/c1-33-29-40-55(31-67-40,71-35(3)60)45-47(70-49(63)38-25-19-14-20-26-38)56(66)30-39(34(2)41(53(56,7)8)43(46(61)54(33,45)9)69-51(65)59-28-27-57-32-59)68-50(64)44(72-73(10,11)52(4,5)6)42(36-21-15-12-16-22-36)58-48(62)37-23-17-13-18-24-37/h12-28,32-33,39-40,42-45,47,66H,29-31H2,1-11H3,(H,58,62)/t33-,39-,40?,42-,43+,44-,45-,47-,54+,55-,56+/m0/s1. The Kier molecular flexibility index (Phi) is 14.2. The smallest absolute Gasteiger partial charge is 0.420 e. The zero-order valence-electron chi connectivity index (χ0n) is 43.4. The molecule has 8 rings (SSSR count). The average molecular weight is 1020 g/mol. The minimum atomic E-state index is -2.94. The number of imidazole rings is 1. The first-order valence-corrected chi connectivity index (χ1v) is 27.7. The summed E-state index contributed by atoms with van der Waals surface area (Å²) >= 11 is 0. The molecule has 2 heterocycles. The van der Waals surface area contributed by atoms with E-state index in [0.29, 0.717) is 11.1 Å². The molecule has 3 aromatic carbocycles. The lowest BCUT2D eigenvalue weighted by molar-refractivity contribution is -0.340. The summed E-state index contributed by atoms with van der Waals surface area (Å²) in [4.78, 5) is 92.4. The van der Waals surface area contributed by atoms with E-state index in [0.717, 1.165) is 4.57 Å². The fourth-order valence-electron chi connectivity index (χ4n) is 11.4.